The third-order valence-corrected chi connectivity index (χ3v) is 3.76. The van der Waals surface area contributed by atoms with Gasteiger partial charge in [-0.25, -0.2) is 4.79 Å². The van der Waals surface area contributed by atoms with Crippen LogP contribution in [0.25, 0.3) is 0 Å². The van der Waals surface area contributed by atoms with E-state index in [-0.39, 0.29) is 5.91 Å². The first-order chi connectivity index (χ1) is 12.5. The molecule has 0 saturated carbocycles. The van der Waals surface area contributed by atoms with E-state index in [2.05, 4.69) is 10.6 Å². The molecule has 7 nitrogen and oxygen atoms in total. The van der Waals surface area contributed by atoms with Crippen LogP contribution in [0.3, 0.4) is 0 Å². The topological polar surface area (TPSA) is 122 Å². The summed E-state index contributed by atoms with van der Waals surface area (Å²) in [6, 6.07) is 17.3. The molecule has 3 rings (SSSR count). The third kappa shape index (κ3) is 6.03. The van der Waals surface area contributed by atoms with Crippen molar-refractivity contribution >= 4 is 17.9 Å². The highest BCUT2D eigenvalue weighted by molar-refractivity contribution is 6.04. The lowest BCUT2D eigenvalue weighted by Crippen LogP contribution is -2.32. The van der Waals surface area contributed by atoms with E-state index in [9.17, 15) is 14.4 Å². The molecule has 0 aromatic heterocycles. The lowest BCUT2D eigenvalue weighted by Gasteiger charge is -2.06. The van der Waals surface area contributed by atoms with Gasteiger partial charge in [0, 0.05) is 6.42 Å². The maximum absolute atomic E-state index is 11.2. The molecule has 1 heterocycles. The van der Waals surface area contributed by atoms with E-state index >= 15 is 0 Å². The molecule has 1 saturated heterocycles. The van der Waals surface area contributed by atoms with Gasteiger partial charge in [0.05, 0.1) is 0 Å². The molecule has 0 radical (unpaired) electrons. The van der Waals surface area contributed by atoms with Crippen LogP contribution in [-0.4, -0.2) is 35.1 Å². The van der Waals surface area contributed by atoms with E-state index in [4.69, 9.17) is 10.8 Å². The number of nitrogens with one attached hydrogen (secondary N) is 2. The number of aliphatic carboxylic acids is 1. The Balaban J connectivity index is 0.000000190. The van der Waals surface area contributed by atoms with Gasteiger partial charge >= 0.3 is 12.0 Å². The number of carboxylic acids is 1. The number of amides is 3. The van der Waals surface area contributed by atoms with E-state index in [1.54, 1.807) is 0 Å². The molecule has 7 heteroatoms. The Hall–Kier alpha value is -3.19. The highest BCUT2D eigenvalue weighted by Crippen LogP contribution is 2.05. The number of hydrogen-bond acceptors (Lipinski definition) is 4. The quantitative estimate of drug-likeness (QED) is 0.598. The average Bonchev–Trinajstić information content (AvgIpc) is 2.94. The van der Waals surface area contributed by atoms with Crippen LogP contribution in [0.5, 0.6) is 0 Å². The smallest absolute Gasteiger partial charge is 0.322 e. The highest BCUT2D eigenvalue weighted by atomic mass is 16.4. The molecule has 1 fully saturated rings. The number of hydrogen-bond donors (Lipinski definition) is 4. The van der Waals surface area contributed by atoms with Gasteiger partial charge in [-0.1, -0.05) is 60.7 Å². The lowest BCUT2D eigenvalue weighted by atomic mass is 10.1. The molecule has 1 aliphatic heterocycles. The number of imide groups is 1. The van der Waals surface area contributed by atoms with Crippen molar-refractivity contribution in [2.45, 2.75) is 24.9 Å². The zero-order valence-electron chi connectivity index (χ0n) is 14.1. The predicted octanol–water partition coefficient (Wildman–Crippen LogP) is 1.08. The Labute approximate surface area is 151 Å². The van der Waals surface area contributed by atoms with Crippen molar-refractivity contribution in [3.8, 4) is 0 Å². The van der Waals surface area contributed by atoms with E-state index in [1.807, 2.05) is 60.7 Å². The van der Waals surface area contributed by atoms with Gasteiger partial charge in [-0.05, 0) is 17.5 Å². The van der Waals surface area contributed by atoms with Gasteiger partial charge in [-0.15, -0.1) is 0 Å². The highest BCUT2D eigenvalue weighted by Gasteiger charge is 2.29. The van der Waals surface area contributed by atoms with Crippen molar-refractivity contribution in [1.82, 2.24) is 10.6 Å². The van der Waals surface area contributed by atoms with Crippen molar-refractivity contribution in [2.75, 3.05) is 0 Å². The van der Waals surface area contributed by atoms with Crippen molar-refractivity contribution < 1.29 is 19.5 Å². The number of benzene rings is 2. The monoisotopic (exact) mass is 355 g/mol. The molecule has 1 unspecified atom stereocenters. The van der Waals surface area contributed by atoms with Crippen LogP contribution in [-0.2, 0) is 22.4 Å². The summed E-state index contributed by atoms with van der Waals surface area (Å²) < 4.78 is 0. The zero-order chi connectivity index (χ0) is 18.9. The van der Waals surface area contributed by atoms with Crippen molar-refractivity contribution in [1.29, 1.82) is 0 Å². The molecular formula is C19H21N3O4. The van der Waals surface area contributed by atoms with Crippen molar-refractivity contribution in [2.24, 2.45) is 5.73 Å². The van der Waals surface area contributed by atoms with Gasteiger partial charge in [0.25, 0.3) is 5.91 Å². The number of carbonyl (C=O) groups excluding carboxylic acids is 2. The molecule has 0 spiro atoms. The van der Waals surface area contributed by atoms with Crippen LogP contribution >= 0.6 is 0 Å². The number of carbonyl (C=O) groups is 3. The summed E-state index contributed by atoms with van der Waals surface area (Å²) in [7, 11) is 0. The Morgan fingerprint density at radius 2 is 1.54 bits per heavy atom. The summed E-state index contributed by atoms with van der Waals surface area (Å²) in [5.74, 6) is -1.21. The first-order valence-corrected chi connectivity index (χ1v) is 8.13. The fourth-order valence-corrected chi connectivity index (χ4v) is 2.41. The first-order valence-electron chi connectivity index (χ1n) is 8.13. The second-order valence-electron chi connectivity index (χ2n) is 5.84. The summed E-state index contributed by atoms with van der Waals surface area (Å²) in [6.07, 6.45) is 0.925. The summed E-state index contributed by atoms with van der Waals surface area (Å²) in [5.41, 5.74) is 7.34. The Bertz CT molecular complexity index is 750. The Morgan fingerprint density at radius 3 is 2.00 bits per heavy atom. The number of carboxylic acid groups (broad SMARTS) is 1. The summed E-state index contributed by atoms with van der Waals surface area (Å²) >= 11 is 0. The van der Waals surface area contributed by atoms with Gasteiger partial charge in [0.15, 0.2) is 0 Å². The second-order valence-corrected chi connectivity index (χ2v) is 5.84. The van der Waals surface area contributed by atoms with Crippen LogP contribution in [0.2, 0.25) is 0 Å². The van der Waals surface area contributed by atoms with Gasteiger partial charge in [-0.3, -0.25) is 14.9 Å². The maximum atomic E-state index is 11.2. The van der Waals surface area contributed by atoms with Gasteiger partial charge in [0.2, 0.25) is 0 Å². The largest absolute Gasteiger partial charge is 0.480 e. The van der Waals surface area contributed by atoms with Gasteiger partial charge in [-0.2, -0.15) is 0 Å². The fraction of sp³-hybridized carbons (Fsp3) is 0.211. The Kier molecular flexibility index (Phi) is 6.87. The molecule has 3 amide bonds. The lowest BCUT2D eigenvalue weighted by molar-refractivity contribution is -0.138. The summed E-state index contributed by atoms with van der Waals surface area (Å²) in [4.78, 5) is 32.4. The fourth-order valence-electron chi connectivity index (χ4n) is 2.41. The first kappa shape index (κ1) is 19.1. The van der Waals surface area contributed by atoms with E-state index in [0.717, 1.165) is 11.1 Å². The summed E-state index contributed by atoms with van der Waals surface area (Å²) in [5, 5.41) is 13.3. The normalized spacial score (nSPS) is 16.7. The van der Waals surface area contributed by atoms with E-state index < -0.39 is 24.1 Å². The van der Waals surface area contributed by atoms with E-state index in [1.165, 1.54) is 0 Å². The molecule has 2 atom stereocenters. The third-order valence-electron chi connectivity index (χ3n) is 3.76. The molecule has 0 aliphatic carbocycles. The molecule has 136 valence electrons. The van der Waals surface area contributed by atoms with Gasteiger partial charge < -0.3 is 16.2 Å². The van der Waals surface area contributed by atoms with Crippen LogP contribution in [0.4, 0.5) is 4.79 Å². The standard InChI is InChI=1S/C10H10N2O2.C9H11NO2/c13-9-8(11-10(14)12-9)6-7-4-2-1-3-5-7;10-8(9(11)12)6-7-4-2-1-3-5-7/h1-5,8H,6H2,(H2,11,12,13,14);1-5,8H,6,10H2,(H,11,12)/t;8-/m.1/s1. The van der Waals surface area contributed by atoms with Gasteiger partial charge in [0.1, 0.15) is 12.1 Å². The maximum Gasteiger partial charge on any atom is 0.322 e. The zero-order valence-corrected chi connectivity index (χ0v) is 14.1. The minimum Gasteiger partial charge on any atom is -0.480 e. The number of nitrogens with two attached hydrogens (primary N) is 1. The molecule has 2 aromatic carbocycles. The average molecular weight is 355 g/mol. The van der Waals surface area contributed by atoms with Crippen molar-refractivity contribution in [3.63, 3.8) is 0 Å². The summed E-state index contributed by atoms with van der Waals surface area (Å²) in [6.45, 7) is 0. The molecular weight excluding hydrogens is 334 g/mol. The number of urea groups is 1. The SMILES string of the molecule is N[C@H](Cc1ccccc1)C(=O)O.O=C1NC(=O)C(Cc2ccccc2)N1. The van der Waals surface area contributed by atoms with Crippen LogP contribution in [0.15, 0.2) is 60.7 Å². The second kappa shape index (κ2) is 9.33. The number of rotatable bonds is 5. The van der Waals surface area contributed by atoms with Crippen molar-refractivity contribution in [3.05, 3.63) is 71.8 Å². The molecule has 1 aliphatic rings. The minimum atomic E-state index is -0.959. The predicted molar refractivity (Wildman–Crippen MR) is 96.4 cm³/mol. The minimum absolute atomic E-state index is 0.251. The van der Waals surface area contributed by atoms with Crippen LogP contribution in [0.1, 0.15) is 11.1 Å². The van der Waals surface area contributed by atoms with Crippen LogP contribution < -0.4 is 16.4 Å². The molecule has 5 N–H and O–H groups in total. The Morgan fingerprint density at radius 1 is 1.00 bits per heavy atom. The molecule has 26 heavy (non-hydrogen) atoms. The van der Waals surface area contributed by atoms with E-state index in [0.29, 0.717) is 12.8 Å². The molecule has 2 aromatic rings. The van der Waals surface area contributed by atoms with Crippen LogP contribution in [0, 0.1) is 0 Å². The molecule has 0 bridgehead atoms.